The van der Waals surface area contributed by atoms with E-state index in [0.29, 0.717) is 6.42 Å². The lowest BCUT2D eigenvalue weighted by Gasteiger charge is -2.16. The largest absolute Gasteiger partial charge is 0.479 e. The molecule has 2 N–H and O–H groups in total. The van der Waals surface area contributed by atoms with E-state index in [0.717, 1.165) is 6.20 Å². The van der Waals surface area contributed by atoms with Gasteiger partial charge in [0.2, 0.25) is 6.04 Å². The number of esters is 1. The molecule has 0 saturated heterocycles. The molecule has 108 valence electrons. The molecule has 0 saturated carbocycles. The molecule has 0 aliphatic heterocycles. The number of nitrogens with one attached hydrogen (secondary N) is 1. The lowest BCUT2D eigenvalue weighted by atomic mass is 10.2. The summed E-state index contributed by atoms with van der Waals surface area (Å²) in [5.41, 5.74) is -0.0879. The van der Waals surface area contributed by atoms with Crippen LogP contribution in [-0.4, -0.2) is 45.1 Å². The van der Waals surface area contributed by atoms with E-state index in [1.807, 2.05) is 5.32 Å². The van der Waals surface area contributed by atoms with Crippen LogP contribution in [0, 0.1) is 0 Å². The van der Waals surface area contributed by atoms with Crippen LogP contribution in [0.5, 0.6) is 0 Å². The maximum atomic E-state index is 11.7. The summed E-state index contributed by atoms with van der Waals surface area (Å²) in [7, 11) is 0. The summed E-state index contributed by atoms with van der Waals surface area (Å²) in [6, 6.07) is -1.78. The molecular weight excluding hydrogens is 266 g/mol. The molecule has 0 spiro atoms. The third kappa shape index (κ3) is 4.30. The standard InChI is InChI=1S/C12H15N3O5/c1-3-7(2)20-12(19)9(11(17)18)15-10(16)8-6-13-4-5-14-8/h4-7,9H,3H2,1-2H3,(H,15,16)(H,17,18). The summed E-state index contributed by atoms with van der Waals surface area (Å²) in [4.78, 5) is 41.8. The maximum absolute atomic E-state index is 11.7. The van der Waals surface area contributed by atoms with Crippen LogP contribution in [-0.2, 0) is 14.3 Å². The Morgan fingerprint density at radius 3 is 2.60 bits per heavy atom. The van der Waals surface area contributed by atoms with E-state index in [1.54, 1.807) is 13.8 Å². The number of hydrogen-bond donors (Lipinski definition) is 2. The molecule has 8 heteroatoms. The highest BCUT2D eigenvalue weighted by Gasteiger charge is 2.31. The number of rotatable bonds is 6. The fraction of sp³-hybridized carbons (Fsp3) is 0.417. The molecule has 20 heavy (non-hydrogen) atoms. The van der Waals surface area contributed by atoms with Gasteiger partial charge in [0.25, 0.3) is 5.91 Å². The highest BCUT2D eigenvalue weighted by Crippen LogP contribution is 2.01. The van der Waals surface area contributed by atoms with Crippen LogP contribution in [0.1, 0.15) is 30.8 Å². The number of aromatic nitrogens is 2. The third-order valence-electron chi connectivity index (χ3n) is 2.45. The van der Waals surface area contributed by atoms with Gasteiger partial charge >= 0.3 is 11.9 Å². The first-order valence-corrected chi connectivity index (χ1v) is 5.95. The summed E-state index contributed by atoms with van der Waals surface area (Å²) in [6.45, 7) is 3.41. The van der Waals surface area contributed by atoms with E-state index in [-0.39, 0.29) is 5.69 Å². The molecule has 0 aliphatic carbocycles. The highest BCUT2D eigenvalue weighted by atomic mass is 16.5. The summed E-state index contributed by atoms with van der Waals surface area (Å²) < 4.78 is 4.89. The van der Waals surface area contributed by atoms with E-state index >= 15 is 0 Å². The van der Waals surface area contributed by atoms with Crippen molar-refractivity contribution in [1.82, 2.24) is 15.3 Å². The van der Waals surface area contributed by atoms with Crippen LogP contribution in [0.25, 0.3) is 0 Å². The molecule has 0 fully saturated rings. The number of carbonyl (C=O) groups is 3. The monoisotopic (exact) mass is 281 g/mol. The van der Waals surface area contributed by atoms with Crippen molar-refractivity contribution in [3.63, 3.8) is 0 Å². The van der Waals surface area contributed by atoms with E-state index in [4.69, 9.17) is 9.84 Å². The number of carboxylic acids is 1. The zero-order valence-electron chi connectivity index (χ0n) is 11.1. The number of aliphatic carboxylic acids is 1. The fourth-order valence-corrected chi connectivity index (χ4v) is 1.19. The molecule has 2 unspecified atom stereocenters. The average molecular weight is 281 g/mol. The molecule has 0 aromatic carbocycles. The minimum Gasteiger partial charge on any atom is -0.479 e. The quantitative estimate of drug-likeness (QED) is 0.556. The molecule has 0 radical (unpaired) electrons. The SMILES string of the molecule is CCC(C)OC(=O)C(NC(=O)c1cnccn1)C(=O)O. The van der Waals surface area contributed by atoms with Crippen LogP contribution in [0.2, 0.25) is 0 Å². The maximum Gasteiger partial charge on any atom is 0.340 e. The second kappa shape index (κ2) is 7.17. The van der Waals surface area contributed by atoms with Gasteiger partial charge in [-0.2, -0.15) is 0 Å². The lowest BCUT2D eigenvalue weighted by molar-refractivity contribution is -0.158. The topological polar surface area (TPSA) is 118 Å². The third-order valence-corrected chi connectivity index (χ3v) is 2.45. The summed E-state index contributed by atoms with van der Waals surface area (Å²) in [5, 5.41) is 11.0. The number of carboxylic acid groups (broad SMARTS) is 1. The normalized spacial score (nSPS) is 13.1. The molecule has 2 atom stereocenters. The predicted octanol–water partition coefficient (Wildman–Crippen LogP) is 0.00130. The van der Waals surface area contributed by atoms with Crippen molar-refractivity contribution in [3.05, 3.63) is 24.3 Å². The number of amides is 1. The fourth-order valence-electron chi connectivity index (χ4n) is 1.19. The van der Waals surface area contributed by atoms with Crippen molar-refractivity contribution in [2.45, 2.75) is 32.4 Å². The number of nitrogens with zero attached hydrogens (tertiary/aromatic N) is 2. The average Bonchev–Trinajstić information content (AvgIpc) is 2.44. The van der Waals surface area contributed by atoms with Gasteiger partial charge in [-0.25, -0.2) is 14.6 Å². The van der Waals surface area contributed by atoms with E-state index < -0.39 is 30.0 Å². The molecule has 1 amide bonds. The van der Waals surface area contributed by atoms with Gasteiger partial charge in [-0.05, 0) is 13.3 Å². The van der Waals surface area contributed by atoms with Gasteiger partial charge in [-0.1, -0.05) is 6.92 Å². The van der Waals surface area contributed by atoms with Gasteiger partial charge in [0, 0.05) is 12.4 Å². The minimum absolute atomic E-state index is 0.0879. The van der Waals surface area contributed by atoms with Crippen molar-refractivity contribution < 1.29 is 24.2 Å². The summed E-state index contributed by atoms with van der Waals surface area (Å²) in [6.07, 6.45) is 3.91. The van der Waals surface area contributed by atoms with Crippen LogP contribution in [0.15, 0.2) is 18.6 Å². The Morgan fingerprint density at radius 2 is 2.10 bits per heavy atom. The van der Waals surface area contributed by atoms with E-state index in [2.05, 4.69) is 9.97 Å². The summed E-state index contributed by atoms with van der Waals surface area (Å²) >= 11 is 0. The smallest absolute Gasteiger partial charge is 0.340 e. The van der Waals surface area contributed by atoms with Gasteiger partial charge < -0.3 is 15.2 Å². The van der Waals surface area contributed by atoms with Gasteiger partial charge in [0.1, 0.15) is 5.69 Å². The van der Waals surface area contributed by atoms with Crippen molar-refractivity contribution in [2.24, 2.45) is 0 Å². The molecule has 1 rings (SSSR count). The van der Waals surface area contributed by atoms with Crippen molar-refractivity contribution >= 4 is 17.8 Å². The van der Waals surface area contributed by atoms with Crippen molar-refractivity contribution in [1.29, 1.82) is 0 Å². The molecule has 1 aromatic heterocycles. The first-order valence-electron chi connectivity index (χ1n) is 5.95. The Morgan fingerprint density at radius 1 is 1.40 bits per heavy atom. The van der Waals surface area contributed by atoms with Crippen molar-refractivity contribution in [3.8, 4) is 0 Å². The lowest BCUT2D eigenvalue weighted by Crippen LogP contribution is -2.48. The zero-order chi connectivity index (χ0) is 15.1. The Balaban J connectivity index is 2.75. The van der Waals surface area contributed by atoms with E-state index in [1.165, 1.54) is 12.4 Å². The van der Waals surface area contributed by atoms with Crippen LogP contribution < -0.4 is 5.32 Å². The molecule has 8 nitrogen and oxygen atoms in total. The first kappa shape index (κ1) is 15.5. The number of ether oxygens (including phenoxy) is 1. The predicted molar refractivity (Wildman–Crippen MR) is 66.8 cm³/mol. The second-order valence-corrected chi connectivity index (χ2v) is 3.99. The van der Waals surface area contributed by atoms with Crippen LogP contribution in [0.4, 0.5) is 0 Å². The minimum atomic E-state index is -1.78. The molecule has 0 bridgehead atoms. The highest BCUT2D eigenvalue weighted by molar-refractivity contribution is 6.04. The Bertz CT molecular complexity index is 491. The van der Waals surface area contributed by atoms with Crippen LogP contribution >= 0.6 is 0 Å². The number of carbonyl (C=O) groups excluding carboxylic acids is 2. The first-order chi connectivity index (χ1) is 9.45. The Labute approximate surface area is 115 Å². The number of hydrogen-bond acceptors (Lipinski definition) is 6. The molecular formula is C12H15N3O5. The Kier molecular flexibility index (Phi) is 5.57. The van der Waals surface area contributed by atoms with Crippen LogP contribution in [0.3, 0.4) is 0 Å². The van der Waals surface area contributed by atoms with Gasteiger partial charge in [0.15, 0.2) is 0 Å². The van der Waals surface area contributed by atoms with E-state index in [9.17, 15) is 14.4 Å². The Hall–Kier alpha value is -2.51. The second-order valence-electron chi connectivity index (χ2n) is 3.99. The molecule has 1 aromatic rings. The zero-order valence-corrected chi connectivity index (χ0v) is 11.1. The van der Waals surface area contributed by atoms with Gasteiger partial charge in [0.05, 0.1) is 12.3 Å². The van der Waals surface area contributed by atoms with Gasteiger partial charge in [-0.15, -0.1) is 0 Å². The summed E-state index contributed by atoms with van der Waals surface area (Å²) in [5.74, 6) is -3.34. The van der Waals surface area contributed by atoms with Crippen molar-refractivity contribution in [2.75, 3.05) is 0 Å². The molecule has 0 aliphatic rings. The van der Waals surface area contributed by atoms with Gasteiger partial charge in [-0.3, -0.25) is 9.78 Å². The molecule has 1 heterocycles.